The molecule has 3 aliphatic carbocycles. The first kappa shape index (κ1) is 25.8. The molecule has 0 spiro atoms. The normalized spacial score (nSPS) is 21.9. The highest BCUT2D eigenvalue weighted by atomic mass is 14.9. The van der Waals surface area contributed by atoms with Crippen molar-refractivity contribution in [2.24, 2.45) is 17.8 Å². The molecule has 1 aromatic heterocycles. The van der Waals surface area contributed by atoms with Gasteiger partial charge in [-0.05, 0) is 116 Å². The molecule has 0 radical (unpaired) electrons. The minimum Gasteiger partial charge on any atom is -0.314 e. The number of nitrogens with zero attached hydrogens (tertiary/aromatic N) is 2. The van der Waals surface area contributed by atoms with Crippen LogP contribution in [0.15, 0.2) is 36.5 Å². The molecule has 0 bridgehead atoms. The molecule has 0 saturated heterocycles. The fourth-order valence-corrected chi connectivity index (χ4v) is 5.87. The average Bonchev–Trinajstić information content (AvgIpc) is 3.83. The Morgan fingerprint density at radius 1 is 1.14 bits per heavy atom. The Morgan fingerprint density at radius 3 is 2.65 bits per heavy atom. The highest BCUT2D eigenvalue weighted by Gasteiger charge is 2.34. The topological polar surface area (TPSA) is 48.7 Å². The van der Waals surface area contributed by atoms with Gasteiger partial charge in [0.1, 0.15) is 0 Å². The lowest BCUT2D eigenvalue weighted by atomic mass is 9.80. The van der Waals surface area contributed by atoms with Crippen molar-refractivity contribution in [2.45, 2.75) is 90.5 Å². The lowest BCUT2D eigenvalue weighted by Gasteiger charge is -2.24. The summed E-state index contributed by atoms with van der Waals surface area (Å²) < 4.78 is 0. The zero-order chi connectivity index (χ0) is 25.8. The van der Waals surface area contributed by atoms with Crippen molar-refractivity contribution in [3.63, 3.8) is 0 Å². The van der Waals surface area contributed by atoms with E-state index in [0.29, 0.717) is 17.9 Å². The Hall–Kier alpha value is -2.88. The maximum atomic E-state index is 9.63. The zero-order valence-electron chi connectivity index (χ0n) is 22.8. The molecule has 3 atom stereocenters. The van der Waals surface area contributed by atoms with Crippen molar-refractivity contribution in [1.29, 1.82) is 5.26 Å². The van der Waals surface area contributed by atoms with Crippen molar-refractivity contribution in [1.82, 2.24) is 10.3 Å². The summed E-state index contributed by atoms with van der Waals surface area (Å²) in [7, 11) is 0. The molecular weight excluding hydrogens is 450 g/mol. The van der Waals surface area contributed by atoms with Gasteiger partial charge in [-0.3, -0.25) is 4.98 Å². The number of nitrogens with one attached hydrogen (secondary N) is 1. The van der Waals surface area contributed by atoms with Gasteiger partial charge in [-0.25, -0.2) is 0 Å². The summed E-state index contributed by atoms with van der Waals surface area (Å²) in [6.45, 7) is 7.86. The smallest absolute Gasteiger partial charge is 0.0991 e. The molecule has 2 saturated carbocycles. The van der Waals surface area contributed by atoms with Crippen LogP contribution in [0.1, 0.15) is 106 Å². The molecule has 5 rings (SSSR count). The Morgan fingerprint density at radius 2 is 1.97 bits per heavy atom. The van der Waals surface area contributed by atoms with Crippen LogP contribution >= 0.6 is 0 Å². The SMILES string of the molecule is CCCC#CC1=C(c2ccc(CCNC(C)C3CC3)cn2)CC(CC2CC2)C(C)c2cc(C#N)ccc21. The Bertz CT molecular complexity index is 1230. The third-order valence-corrected chi connectivity index (χ3v) is 8.68. The Labute approximate surface area is 223 Å². The number of rotatable bonds is 9. The lowest BCUT2D eigenvalue weighted by Crippen LogP contribution is -2.29. The third-order valence-electron chi connectivity index (χ3n) is 8.68. The predicted molar refractivity (Wildman–Crippen MR) is 153 cm³/mol. The molecule has 0 aliphatic heterocycles. The minimum atomic E-state index is 0.392. The van der Waals surface area contributed by atoms with Crippen LogP contribution in [0.3, 0.4) is 0 Å². The fourth-order valence-electron chi connectivity index (χ4n) is 5.87. The van der Waals surface area contributed by atoms with Gasteiger partial charge in [0.2, 0.25) is 0 Å². The summed E-state index contributed by atoms with van der Waals surface area (Å²) in [5.74, 6) is 9.69. The molecule has 2 fully saturated rings. The first-order chi connectivity index (χ1) is 18.1. The number of hydrogen-bond acceptors (Lipinski definition) is 3. The molecule has 192 valence electrons. The van der Waals surface area contributed by atoms with Crippen molar-refractivity contribution in [3.05, 3.63) is 64.5 Å². The molecule has 37 heavy (non-hydrogen) atoms. The molecule has 1 aromatic carbocycles. The summed E-state index contributed by atoms with van der Waals surface area (Å²) in [5, 5.41) is 13.3. The summed E-state index contributed by atoms with van der Waals surface area (Å²) in [6, 6.07) is 13.7. The molecule has 3 unspecified atom stereocenters. The number of benzene rings is 1. The van der Waals surface area contributed by atoms with E-state index in [0.717, 1.165) is 60.9 Å². The lowest BCUT2D eigenvalue weighted by molar-refractivity contribution is 0.403. The van der Waals surface area contributed by atoms with Crippen LogP contribution in [0.25, 0.3) is 11.1 Å². The van der Waals surface area contributed by atoms with Crippen LogP contribution in [-0.2, 0) is 6.42 Å². The van der Waals surface area contributed by atoms with Crippen LogP contribution in [0, 0.1) is 40.9 Å². The highest BCUT2D eigenvalue weighted by Crippen LogP contribution is 2.48. The van der Waals surface area contributed by atoms with Crippen LogP contribution in [0.5, 0.6) is 0 Å². The van der Waals surface area contributed by atoms with Gasteiger partial charge >= 0.3 is 0 Å². The molecule has 3 heteroatoms. The van der Waals surface area contributed by atoms with Gasteiger partial charge in [-0.15, -0.1) is 0 Å². The number of aromatic nitrogens is 1. The molecule has 3 aliphatic rings. The second kappa shape index (κ2) is 11.7. The van der Waals surface area contributed by atoms with Gasteiger partial charge in [0.15, 0.2) is 0 Å². The molecule has 3 nitrogen and oxygen atoms in total. The standard InChI is InChI=1S/C34H41N3/c1-4-5-6-7-30-31-14-10-27(21-35)19-32(31)23(2)29(18-25-8-9-25)20-33(30)34-15-11-26(22-37-34)16-17-36-24(3)28-12-13-28/h10-11,14-15,19,22-25,28-29,36H,4-5,8-9,12-13,16-18,20H2,1-3H3. The van der Waals surface area contributed by atoms with Crippen molar-refractivity contribution in [3.8, 4) is 17.9 Å². The first-order valence-corrected chi connectivity index (χ1v) is 14.5. The van der Waals surface area contributed by atoms with Gasteiger partial charge < -0.3 is 5.32 Å². The van der Waals surface area contributed by atoms with Gasteiger partial charge in [0, 0.05) is 24.2 Å². The third kappa shape index (κ3) is 6.34. The molecule has 1 N–H and O–H groups in total. The van der Waals surface area contributed by atoms with Crippen LogP contribution in [-0.4, -0.2) is 17.6 Å². The van der Waals surface area contributed by atoms with Gasteiger partial charge in [0.05, 0.1) is 17.3 Å². The number of nitriles is 1. The first-order valence-electron chi connectivity index (χ1n) is 14.5. The number of unbranched alkanes of at least 4 members (excludes halogenated alkanes) is 1. The van der Waals surface area contributed by atoms with Gasteiger partial charge in [0.25, 0.3) is 0 Å². The molecule has 1 heterocycles. The summed E-state index contributed by atoms with van der Waals surface area (Å²) in [4.78, 5) is 5.02. The van der Waals surface area contributed by atoms with E-state index in [2.05, 4.69) is 74.5 Å². The summed E-state index contributed by atoms with van der Waals surface area (Å²) >= 11 is 0. The van der Waals surface area contributed by atoms with E-state index in [1.54, 1.807) is 0 Å². The number of hydrogen-bond donors (Lipinski definition) is 1. The Balaban J connectivity index is 1.48. The van der Waals surface area contributed by atoms with Crippen LogP contribution in [0.2, 0.25) is 0 Å². The molecule has 2 aromatic rings. The summed E-state index contributed by atoms with van der Waals surface area (Å²) in [6.07, 6.45) is 12.7. The quantitative estimate of drug-likeness (QED) is 0.369. The van der Waals surface area contributed by atoms with E-state index in [1.807, 2.05) is 6.07 Å². The predicted octanol–water partition coefficient (Wildman–Crippen LogP) is 7.52. The average molecular weight is 492 g/mol. The monoisotopic (exact) mass is 491 g/mol. The van der Waals surface area contributed by atoms with E-state index in [1.165, 1.54) is 54.4 Å². The maximum Gasteiger partial charge on any atom is 0.0991 e. The van der Waals surface area contributed by atoms with Crippen LogP contribution in [0.4, 0.5) is 0 Å². The largest absolute Gasteiger partial charge is 0.314 e. The minimum absolute atomic E-state index is 0.392. The highest BCUT2D eigenvalue weighted by molar-refractivity contribution is 5.99. The van der Waals surface area contributed by atoms with Gasteiger partial charge in [-0.2, -0.15) is 5.26 Å². The van der Waals surface area contributed by atoms with E-state index in [4.69, 9.17) is 4.98 Å². The van der Waals surface area contributed by atoms with E-state index in [9.17, 15) is 5.26 Å². The Kier molecular flexibility index (Phi) is 8.12. The second-order valence-electron chi connectivity index (χ2n) is 11.6. The van der Waals surface area contributed by atoms with Crippen molar-refractivity contribution >= 4 is 11.1 Å². The fraction of sp³-hybridized carbons (Fsp3) is 0.529. The van der Waals surface area contributed by atoms with Crippen LogP contribution < -0.4 is 5.32 Å². The number of fused-ring (bicyclic) bond motifs is 1. The second-order valence-corrected chi connectivity index (χ2v) is 11.6. The number of pyridine rings is 1. The van der Waals surface area contributed by atoms with E-state index < -0.39 is 0 Å². The van der Waals surface area contributed by atoms with E-state index in [-0.39, 0.29) is 0 Å². The summed E-state index contributed by atoms with van der Waals surface area (Å²) in [5.41, 5.74) is 7.99. The maximum absolute atomic E-state index is 9.63. The molecule has 0 amide bonds. The van der Waals surface area contributed by atoms with Crippen molar-refractivity contribution < 1.29 is 0 Å². The van der Waals surface area contributed by atoms with E-state index >= 15 is 0 Å². The zero-order valence-corrected chi connectivity index (χ0v) is 22.8. The molecular formula is C34H41N3. The van der Waals surface area contributed by atoms with Crippen molar-refractivity contribution in [2.75, 3.05) is 6.54 Å². The number of allylic oxidation sites excluding steroid dienone is 2. The van der Waals surface area contributed by atoms with Gasteiger partial charge in [-0.1, -0.05) is 50.7 Å².